The van der Waals surface area contributed by atoms with Crippen molar-refractivity contribution in [2.45, 2.75) is 71.4 Å². The lowest BCUT2D eigenvalue weighted by Crippen LogP contribution is -2.44. The van der Waals surface area contributed by atoms with Gasteiger partial charge in [0, 0.05) is 25.2 Å². The monoisotopic (exact) mass is 486 g/mol. The van der Waals surface area contributed by atoms with Gasteiger partial charge in [0.05, 0.1) is 13.2 Å². The van der Waals surface area contributed by atoms with Crippen LogP contribution in [-0.2, 0) is 4.79 Å². The maximum absolute atomic E-state index is 13.1. The third kappa shape index (κ3) is 9.06. The second kappa shape index (κ2) is 14.1. The molecule has 1 aliphatic rings. The van der Waals surface area contributed by atoms with E-state index in [9.17, 15) is 22.8 Å². The molecule has 1 heterocycles. The fraction of sp³-hybridized carbons (Fsp3) is 0.680. The number of unbranched alkanes of at least 4 members (excludes halogenated alkanes) is 4. The number of hydrogen-bond donors (Lipinski definition) is 1. The predicted octanol–water partition coefficient (Wildman–Crippen LogP) is 5.36. The van der Waals surface area contributed by atoms with Gasteiger partial charge in [0.1, 0.15) is 0 Å². The molecule has 34 heavy (non-hydrogen) atoms. The molecule has 6 nitrogen and oxygen atoms in total. The second-order valence-corrected chi connectivity index (χ2v) is 8.72. The molecule has 192 valence electrons. The number of amides is 2. The molecule has 1 aliphatic heterocycles. The molecule has 0 aromatic heterocycles. The van der Waals surface area contributed by atoms with Crippen LogP contribution in [0.2, 0.25) is 0 Å². The van der Waals surface area contributed by atoms with Gasteiger partial charge >= 0.3 is 12.1 Å². The molecule has 1 saturated heterocycles. The van der Waals surface area contributed by atoms with Crippen LogP contribution in [0.15, 0.2) is 18.2 Å². The van der Waals surface area contributed by atoms with Crippen molar-refractivity contribution in [3.05, 3.63) is 23.8 Å². The van der Waals surface area contributed by atoms with Gasteiger partial charge in [-0.05, 0) is 49.8 Å². The normalized spacial score (nSPS) is 14.7. The lowest BCUT2D eigenvalue weighted by molar-refractivity contribution is -0.173. The molecule has 0 unspecified atom stereocenters. The summed E-state index contributed by atoms with van der Waals surface area (Å²) in [7, 11) is 0. The predicted molar refractivity (Wildman–Crippen MR) is 124 cm³/mol. The van der Waals surface area contributed by atoms with E-state index in [2.05, 4.69) is 13.8 Å². The average Bonchev–Trinajstić information content (AvgIpc) is 2.82. The van der Waals surface area contributed by atoms with Crippen LogP contribution in [0, 0.1) is 5.92 Å². The van der Waals surface area contributed by atoms with Gasteiger partial charge < -0.3 is 19.7 Å². The number of piperidine rings is 1. The molecule has 2 amide bonds. The third-order valence-electron chi connectivity index (χ3n) is 5.91. The van der Waals surface area contributed by atoms with E-state index in [0.717, 1.165) is 38.5 Å². The zero-order valence-electron chi connectivity index (χ0n) is 20.2. The van der Waals surface area contributed by atoms with Gasteiger partial charge in [-0.3, -0.25) is 9.59 Å². The smallest absolute Gasteiger partial charge is 0.471 e. The zero-order valence-corrected chi connectivity index (χ0v) is 20.2. The summed E-state index contributed by atoms with van der Waals surface area (Å²) in [6, 6.07) is 5.22. The quantitative estimate of drug-likeness (QED) is 0.382. The Balaban J connectivity index is 1.95. The third-order valence-corrected chi connectivity index (χ3v) is 5.91. The Hall–Kier alpha value is -2.45. The summed E-state index contributed by atoms with van der Waals surface area (Å²) in [5.74, 6) is -0.971. The van der Waals surface area contributed by atoms with Crippen molar-refractivity contribution in [2.75, 3.05) is 32.8 Å². The van der Waals surface area contributed by atoms with Crippen LogP contribution in [0.1, 0.15) is 75.6 Å². The SMILES string of the molecule is CCCCCOc1ccc(C(=O)N2CCC(CNC(=O)C(F)(F)F)CC2)cc1OCCCCC. The Labute approximate surface area is 200 Å². The van der Waals surface area contributed by atoms with Crippen LogP contribution in [0.4, 0.5) is 13.2 Å². The standard InChI is InChI=1S/C25H37F3N2O4/c1-3-5-7-15-33-21-10-9-20(17-22(21)34-16-8-6-4-2)23(31)30-13-11-19(12-14-30)18-29-24(32)25(26,27)28/h9-10,17,19H,3-8,11-16,18H2,1-2H3,(H,29,32). The molecular weight excluding hydrogens is 449 g/mol. The number of nitrogens with zero attached hydrogens (tertiary/aromatic N) is 1. The van der Waals surface area contributed by atoms with E-state index in [1.807, 2.05) is 5.32 Å². The van der Waals surface area contributed by atoms with Crippen molar-refractivity contribution in [3.63, 3.8) is 0 Å². The van der Waals surface area contributed by atoms with Crippen LogP contribution in [0.5, 0.6) is 11.5 Å². The maximum atomic E-state index is 13.1. The first-order valence-electron chi connectivity index (χ1n) is 12.3. The molecule has 0 bridgehead atoms. The van der Waals surface area contributed by atoms with E-state index in [1.165, 1.54) is 0 Å². The lowest BCUT2D eigenvalue weighted by Gasteiger charge is -2.32. The Kier molecular flexibility index (Phi) is 11.5. The van der Waals surface area contributed by atoms with Crippen molar-refractivity contribution in [2.24, 2.45) is 5.92 Å². The minimum atomic E-state index is -4.88. The Morgan fingerprint density at radius 2 is 1.56 bits per heavy atom. The van der Waals surface area contributed by atoms with E-state index < -0.39 is 12.1 Å². The number of halogens is 3. The lowest BCUT2D eigenvalue weighted by atomic mass is 9.96. The highest BCUT2D eigenvalue weighted by atomic mass is 19.4. The Morgan fingerprint density at radius 1 is 0.971 bits per heavy atom. The highest BCUT2D eigenvalue weighted by Gasteiger charge is 2.38. The van der Waals surface area contributed by atoms with Gasteiger partial charge in [0.15, 0.2) is 11.5 Å². The highest BCUT2D eigenvalue weighted by Crippen LogP contribution is 2.30. The minimum Gasteiger partial charge on any atom is -0.490 e. The van der Waals surface area contributed by atoms with E-state index >= 15 is 0 Å². The van der Waals surface area contributed by atoms with E-state index in [1.54, 1.807) is 23.1 Å². The molecule has 0 saturated carbocycles. The first-order chi connectivity index (χ1) is 16.3. The van der Waals surface area contributed by atoms with Crippen LogP contribution in [0.25, 0.3) is 0 Å². The van der Waals surface area contributed by atoms with Crippen LogP contribution >= 0.6 is 0 Å². The van der Waals surface area contributed by atoms with Gasteiger partial charge in [-0.15, -0.1) is 0 Å². The van der Waals surface area contributed by atoms with Crippen molar-refractivity contribution in [1.82, 2.24) is 10.2 Å². The van der Waals surface area contributed by atoms with Gasteiger partial charge in [0.25, 0.3) is 5.91 Å². The van der Waals surface area contributed by atoms with E-state index in [4.69, 9.17) is 9.47 Å². The molecule has 1 fully saturated rings. The number of rotatable bonds is 13. The van der Waals surface area contributed by atoms with Crippen molar-refractivity contribution < 1.29 is 32.2 Å². The number of hydrogen-bond acceptors (Lipinski definition) is 4. The first-order valence-corrected chi connectivity index (χ1v) is 12.3. The molecule has 2 rings (SSSR count). The van der Waals surface area contributed by atoms with Gasteiger partial charge in [0.2, 0.25) is 0 Å². The summed E-state index contributed by atoms with van der Waals surface area (Å²) in [6.07, 6.45) is 2.38. The van der Waals surface area contributed by atoms with Crippen LogP contribution < -0.4 is 14.8 Å². The Bertz CT molecular complexity index is 778. The summed E-state index contributed by atoms with van der Waals surface area (Å²) >= 11 is 0. The molecule has 0 radical (unpaired) electrons. The number of benzene rings is 1. The van der Waals surface area contributed by atoms with E-state index in [0.29, 0.717) is 56.2 Å². The molecule has 9 heteroatoms. The fourth-order valence-corrected chi connectivity index (χ4v) is 3.80. The summed E-state index contributed by atoms with van der Waals surface area (Å²) in [6.45, 7) is 6.19. The number of alkyl halides is 3. The number of carbonyl (C=O) groups excluding carboxylic acids is 2. The average molecular weight is 487 g/mol. The first kappa shape index (κ1) is 27.8. The van der Waals surface area contributed by atoms with Crippen molar-refractivity contribution in [1.29, 1.82) is 0 Å². The number of nitrogens with one attached hydrogen (secondary N) is 1. The fourth-order valence-electron chi connectivity index (χ4n) is 3.80. The number of ether oxygens (including phenoxy) is 2. The Morgan fingerprint density at radius 3 is 2.12 bits per heavy atom. The van der Waals surface area contributed by atoms with Gasteiger partial charge in [-0.1, -0.05) is 39.5 Å². The molecule has 0 spiro atoms. The summed E-state index contributed by atoms with van der Waals surface area (Å²) in [4.78, 5) is 25.8. The second-order valence-electron chi connectivity index (χ2n) is 8.72. The molecule has 0 aliphatic carbocycles. The summed E-state index contributed by atoms with van der Waals surface area (Å²) in [5.41, 5.74) is 0.496. The minimum absolute atomic E-state index is 0.0415. The molecule has 0 atom stereocenters. The van der Waals surface area contributed by atoms with Crippen LogP contribution in [-0.4, -0.2) is 55.7 Å². The molecule has 1 aromatic rings. The zero-order chi connectivity index (χ0) is 25.0. The molecular formula is C25H37F3N2O4. The van der Waals surface area contributed by atoms with E-state index in [-0.39, 0.29) is 18.4 Å². The number of carbonyl (C=O) groups is 2. The van der Waals surface area contributed by atoms with Crippen molar-refractivity contribution in [3.8, 4) is 11.5 Å². The summed E-state index contributed by atoms with van der Waals surface area (Å²) < 4.78 is 48.9. The number of likely N-dealkylation sites (tertiary alicyclic amines) is 1. The largest absolute Gasteiger partial charge is 0.490 e. The summed E-state index contributed by atoms with van der Waals surface area (Å²) in [5, 5.41) is 1.94. The van der Waals surface area contributed by atoms with Gasteiger partial charge in [-0.25, -0.2) is 0 Å². The topological polar surface area (TPSA) is 67.9 Å². The van der Waals surface area contributed by atoms with Crippen molar-refractivity contribution >= 4 is 11.8 Å². The van der Waals surface area contributed by atoms with Crippen LogP contribution in [0.3, 0.4) is 0 Å². The highest BCUT2D eigenvalue weighted by molar-refractivity contribution is 5.95. The maximum Gasteiger partial charge on any atom is 0.471 e. The molecule has 1 N–H and O–H groups in total. The van der Waals surface area contributed by atoms with Gasteiger partial charge in [-0.2, -0.15) is 13.2 Å². The molecule has 1 aromatic carbocycles.